The van der Waals surface area contributed by atoms with Crippen molar-refractivity contribution in [1.29, 1.82) is 0 Å². The summed E-state index contributed by atoms with van der Waals surface area (Å²) < 4.78 is 19.5. The van der Waals surface area contributed by atoms with E-state index in [1.54, 1.807) is 0 Å². The van der Waals surface area contributed by atoms with Crippen molar-refractivity contribution >= 4 is 22.0 Å². The number of hydrogen-bond acceptors (Lipinski definition) is 4. The number of benzene rings is 2. The van der Waals surface area contributed by atoms with E-state index >= 15 is 0 Å². The van der Waals surface area contributed by atoms with Crippen LogP contribution in [-0.2, 0) is 27.4 Å². The Bertz CT molecular complexity index is 1020. The molecule has 0 aromatic heterocycles. The molecule has 1 amide bonds. The molecule has 2 heterocycles. The van der Waals surface area contributed by atoms with Crippen LogP contribution in [0.2, 0.25) is 0 Å². The average Bonchev–Trinajstić information content (AvgIpc) is 3.53. The van der Waals surface area contributed by atoms with Crippen LogP contribution in [-0.4, -0.2) is 46.3 Å². The fraction of sp³-hybridized carbons (Fsp3) is 0.500. The van der Waals surface area contributed by atoms with E-state index in [1.807, 2.05) is 41.3 Å². The van der Waals surface area contributed by atoms with Gasteiger partial charge >= 0.3 is 6.09 Å². The van der Waals surface area contributed by atoms with Crippen LogP contribution in [0.15, 0.2) is 60.7 Å². The zero-order chi connectivity index (χ0) is 21.4. The minimum Gasteiger partial charge on any atom is -0.443 e. The Morgan fingerprint density at radius 3 is 2.34 bits per heavy atom. The van der Waals surface area contributed by atoms with Crippen molar-refractivity contribution in [3.63, 3.8) is 0 Å². The maximum absolute atomic E-state index is 13.2. The molecule has 7 rings (SSSR count). The predicted octanol–water partition coefficient (Wildman–Crippen LogP) is 4.39. The van der Waals surface area contributed by atoms with Crippen LogP contribution in [0, 0.1) is 23.7 Å². The molecule has 2 aromatic rings. The largest absolute Gasteiger partial charge is 0.443 e. The van der Waals surface area contributed by atoms with Gasteiger partial charge in [-0.25, -0.2) is 4.79 Å². The van der Waals surface area contributed by atoms with E-state index < -0.39 is 0 Å². The smallest absolute Gasteiger partial charge is 0.410 e. The highest BCUT2D eigenvalue weighted by atomic mass is 79.9. The quantitative estimate of drug-likeness (QED) is 0.577. The number of alkyl halides is 1. The molecule has 3 saturated carbocycles. The number of hydrogen-bond donors (Lipinski definition) is 0. The fourth-order valence-electron chi connectivity index (χ4n) is 7.37. The van der Waals surface area contributed by atoms with Gasteiger partial charge in [0, 0.05) is 17.3 Å². The van der Waals surface area contributed by atoms with Crippen molar-refractivity contribution in [3.8, 4) is 0 Å². The summed E-state index contributed by atoms with van der Waals surface area (Å²) in [4.78, 5) is 15.4. The second kappa shape index (κ2) is 7.31. The van der Waals surface area contributed by atoms with Gasteiger partial charge in [-0.15, -0.1) is 0 Å². The number of nitrogens with zero attached hydrogens (tertiary/aromatic N) is 1. The molecule has 32 heavy (non-hydrogen) atoms. The van der Waals surface area contributed by atoms with Crippen molar-refractivity contribution < 1.29 is 19.0 Å². The number of rotatable bonds is 5. The summed E-state index contributed by atoms with van der Waals surface area (Å²) in [6.45, 7) is 1.04. The molecule has 5 fully saturated rings. The van der Waals surface area contributed by atoms with Crippen LogP contribution in [0.3, 0.4) is 0 Å². The Kier molecular flexibility index (Phi) is 4.47. The predicted molar refractivity (Wildman–Crippen MR) is 121 cm³/mol. The molecule has 2 bridgehead atoms. The highest BCUT2D eigenvalue weighted by Gasteiger charge is 2.74. The number of carbonyl (C=O) groups is 1. The standard InChI is InChI=1S/C26H26BrNO4/c27-20-16-11-17-19-18(16)23-21(28(26(29)32-23)12-14-7-3-1-4-8-14)25(24(19)31-22(17)20)30-13-15-9-5-2-6-10-15/h1-10,16-25H,11-13H2/t16-,17+,18-,19+,20-,21+,22-,23+,24+,25+/m1/s1. The van der Waals surface area contributed by atoms with E-state index in [4.69, 9.17) is 14.2 Å². The summed E-state index contributed by atoms with van der Waals surface area (Å²) in [5.74, 6) is 1.82. The molecule has 10 atom stereocenters. The number of fused-ring (bicyclic) bond motifs is 4. The van der Waals surface area contributed by atoms with E-state index in [9.17, 15) is 4.79 Å². The van der Waals surface area contributed by atoms with E-state index in [0.29, 0.717) is 41.7 Å². The molecule has 2 saturated heterocycles. The fourth-order valence-corrected chi connectivity index (χ4v) is 8.46. The Morgan fingerprint density at radius 1 is 0.906 bits per heavy atom. The highest BCUT2D eigenvalue weighted by Crippen LogP contribution is 2.66. The van der Waals surface area contributed by atoms with E-state index in [0.717, 1.165) is 17.5 Å². The maximum Gasteiger partial charge on any atom is 0.410 e. The van der Waals surface area contributed by atoms with Crippen LogP contribution in [0.4, 0.5) is 4.79 Å². The maximum atomic E-state index is 13.2. The molecule has 6 heteroatoms. The second-order valence-corrected chi connectivity index (χ2v) is 11.0. The van der Waals surface area contributed by atoms with Gasteiger partial charge in [-0.3, -0.25) is 4.90 Å². The molecule has 166 valence electrons. The Balaban J connectivity index is 1.25. The van der Waals surface area contributed by atoms with Crippen LogP contribution in [0.5, 0.6) is 0 Å². The van der Waals surface area contributed by atoms with Crippen molar-refractivity contribution in [2.24, 2.45) is 23.7 Å². The first-order chi connectivity index (χ1) is 15.7. The Hall–Kier alpha value is -1.89. The van der Waals surface area contributed by atoms with Crippen LogP contribution < -0.4 is 0 Å². The molecule has 5 aliphatic rings. The SMILES string of the molecule is O=C1O[C@H]2[C@@H]3[C@H]4C[C@@H]5[C@@H](O[C@H]([C@@H](OCc6ccccc6)[C@H]2N1Cc1ccccc1)[C@@H]53)[C@@H]4Br. The Labute approximate surface area is 196 Å². The van der Waals surface area contributed by atoms with E-state index in [1.165, 1.54) is 0 Å². The van der Waals surface area contributed by atoms with Crippen LogP contribution >= 0.6 is 15.9 Å². The zero-order valence-corrected chi connectivity index (χ0v) is 19.2. The van der Waals surface area contributed by atoms with Gasteiger partial charge in [-0.2, -0.15) is 0 Å². The van der Waals surface area contributed by atoms with Gasteiger partial charge in [-0.1, -0.05) is 76.6 Å². The topological polar surface area (TPSA) is 48.0 Å². The van der Waals surface area contributed by atoms with Gasteiger partial charge in [0.05, 0.1) is 18.8 Å². The van der Waals surface area contributed by atoms with Crippen LogP contribution in [0.25, 0.3) is 0 Å². The molecular formula is C26H26BrNO4. The average molecular weight is 496 g/mol. The zero-order valence-electron chi connectivity index (χ0n) is 17.6. The molecule has 0 radical (unpaired) electrons. The van der Waals surface area contributed by atoms with Crippen molar-refractivity contribution in [3.05, 3.63) is 71.8 Å². The first kappa shape index (κ1) is 19.6. The van der Waals surface area contributed by atoms with Crippen molar-refractivity contribution in [2.75, 3.05) is 0 Å². The van der Waals surface area contributed by atoms with Gasteiger partial charge in [-0.05, 0) is 35.3 Å². The summed E-state index contributed by atoms with van der Waals surface area (Å²) in [5.41, 5.74) is 2.24. The summed E-state index contributed by atoms with van der Waals surface area (Å²) in [5, 5.41) is 0. The third kappa shape index (κ3) is 2.72. The minimum absolute atomic E-state index is 0.0142. The first-order valence-electron chi connectivity index (χ1n) is 11.7. The molecule has 0 N–H and O–H groups in total. The van der Waals surface area contributed by atoms with Gasteiger partial charge in [0.2, 0.25) is 0 Å². The lowest BCUT2D eigenvalue weighted by atomic mass is 9.66. The first-order valence-corrected chi connectivity index (χ1v) is 12.6. The molecule has 2 aromatic carbocycles. The van der Waals surface area contributed by atoms with Gasteiger partial charge in [0.25, 0.3) is 0 Å². The van der Waals surface area contributed by atoms with E-state index in [2.05, 4.69) is 40.2 Å². The molecule has 0 unspecified atom stereocenters. The summed E-state index contributed by atoms with van der Waals surface area (Å²) >= 11 is 3.94. The molecular weight excluding hydrogens is 470 g/mol. The van der Waals surface area contributed by atoms with Crippen molar-refractivity contribution in [2.45, 2.75) is 54.9 Å². The third-order valence-electron chi connectivity index (χ3n) is 8.50. The summed E-state index contributed by atoms with van der Waals surface area (Å²) in [6, 6.07) is 20.3. The number of amides is 1. The van der Waals surface area contributed by atoms with Gasteiger partial charge in [0.15, 0.2) is 0 Å². The third-order valence-corrected chi connectivity index (χ3v) is 9.70. The van der Waals surface area contributed by atoms with E-state index in [-0.39, 0.29) is 36.6 Å². The van der Waals surface area contributed by atoms with Crippen LogP contribution in [0.1, 0.15) is 17.5 Å². The summed E-state index contributed by atoms with van der Waals surface area (Å²) in [6.07, 6.45) is 0.887. The summed E-state index contributed by atoms with van der Waals surface area (Å²) in [7, 11) is 0. The molecule has 5 nitrogen and oxygen atoms in total. The number of ether oxygens (including phenoxy) is 3. The minimum atomic E-state index is -0.220. The molecule has 3 aliphatic carbocycles. The number of halogens is 1. The lowest BCUT2D eigenvalue weighted by Crippen LogP contribution is -2.61. The normalized spacial score (nSPS) is 42.9. The Morgan fingerprint density at radius 2 is 1.59 bits per heavy atom. The highest BCUT2D eigenvalue weighted by molar-refractivity contribution is 9.09. The van der Waals surface area contributed by atoms with Gasteiger partial charge in [0.1, 0.15) is 18.2 Å². The van der Waals surface area contributed by atoms with Crippen molar-refractivity contribution in [1.82, 2.24) is 4.90 Å². The lowest BCUT2D eigenvalue weighted by Gasteiger charge is -2.46. The number of carbonyl (C=O) groups excluding carboxylic acids is 1. The monoisotopic (exact) mass is 495 g/mol. The second-order valence-electron chi connectivity index (χ2n) is 9.94. The van der Waals surface area contributed by atoms with Gasteiger partial charge < -0.3 is 14.2 Å². The molecule has 0 spiro atoms. The molecule has 2 aliphatic heterocycles. The lowest BCUT2D eigenvalue weighted by molar-refractivity contribution is -0.146.